The van der Waals surface area contributed by atoms with Crippen molar-refractivity contribution < 1.29 is 14.3 Å². The van der Waals surface area contributed by atoms with E-state index in [1.807, 2.05) is 0 Å². The molecule has 3 heteroatoms. The van der Waals surface area contributed by atoms with Gasteiger partial charge in [0.1, 0.15) is 0 Å². The maximum absolute atomic E-state index is 10.8. The zero-order chi connectivity index (χ0) is 21.3. The number of methoxy groups -OCH3 is 1. The van der Waals surface area contributed by atoms with Crippen molar-refractivity contribution in [3.8, 4) is 0 Å². The number of hydrogen-bond donors (Lipinski definition) is 0. The summed E-state index contributed by atoms with van der Waals surface area (Å²) in [7, 11) is 1.35. The molecule has 0 unspecified atom stereocenters. The molecule has 0 aliphatic rings. The summed E-state index contributed by atoms with van der Waals surface area (Å²) in [5.41, 5.74) is 0. The van der Waals surface area contributed by atoms with Crippen LogP contribution >= 0.6 is 0 Å². The molecule has 0 radical (unpaired) electrons. The van der Waals surface area contributed by atoms with Gasteiger partial charge in [-0.15, -0.1) is 0 Å². The highest BCUT2D eigenvalue weighted by molar-refractivity contribution is 5.59. The van der Waals surface area contributed by atoms with Gasteiger partial charge in [0.05, 0.1) is 13.7 Å². The summed E-state index contributed by atoms with van der Waals surface area (Å²) < 4.78 is 9.31. The summed E-state index contributed by atoms with van der Waals surface area (Å²) in [5, 5.41) is 0. The summed E-state index contributed by atoms with van der Waals surface area (Å²) in [6.07, 6.45) is 29.9. The number of rotatable bonds is 23. The van der Waals surface area contributed by atoms with Crippen molar-refractivity contribution >= 4 is 6.16 Å². The third-order valence-corrected chi connectivity index (χ3v) is 5.88. The van der Waals surface area contributed by atoms with Crippen LogP contribution in [0.15, 0.2) is 0 Å². The Hall–Kier alpha value is -0.730. The molecule has 0 aromatic heterocycles. The Balaban J connectivity index is 3.01. The Morgan fingerprint density at radius 1 is 0.483 bits per heavy atom. The minimum atomic E-state index is -0.562. The van der Waals surface area contributed by atoms with Crippen molar-refractivity contribution in [2.24, 2.45) is 0 Å². The fourth-order valence-electron chi connectivity index (χ4n) is 3.93. The van der Waals surface area contributed by atoms with Crippen LogP contribution in [0.5, 0.6) is 0 Å². The zero-order valence-electron chi connectivity index (χ0n) is 20.0. The van der Waals surface area contributed by atoms with Crippen molar-refractivity contribution in [2.45, 2.75) is 148 Å². The molecular formula is C26H52O3. The van der Waals surface area contributed by atoms with Crippen molar-refractivity contribution in [1.82, 2.24) is 0 Å². The van der Waals surface area contributed by atoms with Crippen LogP contribution in [0.3, 0.4) is 0 Å². The lowest BCUT2D eigenvalue weighted by Gasteiger charge is -2.04. The largest absolute Gasteiger partial charge is 0.507 e. The smallest absolute Gasteiger partial charge is 0.438 e. The number of carbonyl (C=O) groups is 1. The van der Waals surface area contributed by atoms with Gasteiger partial charge in [0, 0.05) is 0 Å². The van der Waals surface area contributed by atoms with Gasteiger partial charge >= 0.3 is 6.16 Å². The van der Waals surface area contributed by atoms with Gasteiger partial charge in [0.15, 0.2) is 0 Å². The first-order valence-electron chi connectivity index (χ1n) is 13.0. The molecule has 0 rings (SSSR count). The molecule has 0 atom stereocenters. The van der Waals surface area contributed by atoms with Crippen molar-refractivity contribution in [3.05, 3.63) is 0 Å². The van der Waals surface area contributed by atoms with Crippen molar-refractivity contribution in [2.75, 3.05) is 13.7 Å². The second-order valence-corrected chi connectivity index (χ2v) is 8.73. The summed E-state index contributed by atoms with van der Waals surface area (Å²) in [4.78, 5) is 10.8. The molecule has 0 heterocycles. The number of carbonyl (C=O) groups excluding carboxylic acids is 1. The van der Waals surface area contributed by atoms with E-state index in [9.17, 15) is 4.79 Å². The fraction of sp³-hybridized carbons (Fsp3) is 0.962. The maximum Gasteiger partial charge on any atom is 0.507 e. The topological polar surface area (TPSA) is 35.5 Å². The van der Waals surface area contributed by atoms with Gasteiger partial charge in [-0.2, -0.15) is 0 Å². The highest BCUT2D eigenvalue weighted by Gasteiger charge is 1.99. The Morgan fingerprint density at radius 2 is 0.759 bits per heavy atom. The van der Waals surface area contributed by atoms with E-state index in [1.165, 1.54) is 136 Å². The van der Waals surface area contributed by atoms with Crippen LogP contribution < -0.4 is 0 Å². The second kappa shape index (κ2) is 25.3. The minimum absolute atomic E-state index is 0.492. The molecule has 29 heavy (non-hydrogen) atoms. The Kier molecular flexibility index (Phi) is 24.7. The van der Waals surface area contributed by atoms with Crippen LogP contribution in [-0.2, 0) is 9.47 Å². The predicted molar refractivity (Wildman–Crippen MR) is 126 cm³/mol. The highest BCUT2D eigenvalue weighted by Crippen LogP contribution is 2.15. The van der Waals surface area contributed by atoms with Gasteiger partial charge in [-0.1, -0.05) is 142 Å². The SMILES string of the molecule is CCCCCCCCCCCCCCCCCCCCCCCCOC(=O)OC. The first-order chi connectivity index (χ1) is 14.3. The van der Waals surface area contributed by atoms with E-state index in [0.29, 0.717) is 6.61 Å². The zero-order valence-corrected chi connectivity index (χ0v) is 20.0. The molecule has 174 valence electrons. The third-order valence-electron chi connectivity index (χ3n) is 5.88. The van der Waals surface area contributed by atoms with Crippen LogP contribution in [-0.4, -0.2) is 19.9 Å². The van der Waals surface area contributed by atoms with Crippen LogP contribution in [0.25, 0.3) is 0 Å². The second-order valence-electron chi connectivity index (χ2n) is 8.73. The Labute approximate surface area is 182 Å². The van der Waals surface area contributed by atoms with E-state index in [0.717, 1.165) is 12.8 Å². The number of unbranched alkanes of at least 4 members (excludes halogenated alkanes) is 21. The molecular weight excluding hydrogens is 360 g/mol. The fourth-order valence-corrected chi connectivity index (χ4v) is 3.93. The minimum Gasteiger partial charge on any atom is -0.438 e. The third kappa shape index (κ3) is 25.2. The lowest BCUT2D eigenvalue weighted by atomic mass is 10.0. The van der Waals surface area contributed by atoms with Crippen molar-refractivity contribution in [1.29, 1.82) is 0 Å². The molecule has 3 nitrogen and oxygen atoms in total. The Bertz CT molecular complexity index is 317. The maximum atomic E-state index is 10.8. The van der Waals surface area contributed by atoms with Gasteiger partial charge in [-0.3, -0.25) is 0 Å². The Morgan fingerprint density at radius 3 is 1.03 bits per heavy atom. The van der Waals surface area contributed by atoms with E-state index in [2.05, 4.69) is 11.7 Å². The number of hydrogen-bond acceptors (Lipinski definition) is 3. The van der Waals surface area contributed by atoms with E-state index in [-0.39, 0.29) is 0 Å². The average molecular weight is 413 g/mol. The lowest BCUT2D eigenvalue weighted by Crippen LogP contribution is -2.05. The highest BCUT2D eigenvalue weighted by atomic mass is 16.7. The molecule has 0 aliphatic heterocycles. The predicted octanol–water partition coefficient (Wildman–Crippen LogP) is 9.37. The van der Waals surface area contributed by atoms with Gasteiger partial charge in [-0.25, -0.2) is 4.79 Å². The van der Waals surface area contributed by atoms with E-state index >= 15 is 0 Å². The van der Waals surface area contributed by atoms with Crippen LogP contribution in [0.1, 0.15) is 148 Å². The van der Waals surface area contributed by atoms with Gasteiger partial charge in [0.2, 0.25) is 0 Å². The molecule has 0 N–H and O–H groups in total. The molecule has 0 amide bonds. The first kappa shape index (κ1) is 28.3. The molecule has 0 fully saturated rings. The van der Waals surface area contributed by atoms with E-state index in [1.54, 1.807) is 0 Å². The number of ether oxygens (including phenoxy) is 2. The monoisotopic (exact) mass is 412 g/mol. The van der Waals surface area contributed by atoms with Crippen LogP contribution in [0.4, 0.5) is 4.79 Å². The van der Waals surface area contributed by atoms with Gasteiger partial charge in [0.25, 0.3) is 0 Å². The molecule has 0 bridgehead atoms. The molecule has 0 saturated carbocycles. The molecule has 0 spiro atoms. The quantitative estimate of drug-likeness (QED) is 0.124. The first-order valence-corrected chi connectivity index (χ1v) is 13.0. The molecule has 0 aromatic rings. The summed E-state index contributed by atoms with van der Waals surface area (Å²) >= 11 is 0. The van der Waals surface area contributed by atoms with Crippen LogP contribution in [0.2, 0.25) is 0 Å². The average Bonchev–Trinajstić information content (AvgIpc) is 2.74. The summed E-state index contributed by atoms with van der Waals surface area (Å²) in [6.45, 7) is 2.78. The molecule has 0 saturated heterocycles. The van der Waals surface area contributed by atoms with E-state index < -0.39 is 6.16 Å². The van der Waals surface area contributed by atoms with Gasteiger partial charge < -0.3 is 9.47 Å². The standard InChI is InChI=1S/C26H52O3/c1-3-4-5-6-7-8-9-10-11-12-13-14-15-16-17-18-19-20-21-22-23-24-25-29-26(27)28-2/h3-25H2,1-2H3. The summed E-state index contributed by atoms with van der Waals surface area (Å²) in [5.74, 6) is 0. The normalized spacial score (nSPS) is 11.0. The summed E-state index contributed by atoms with van der Waals surface area (Å²) in [6, 6.07) is 0. The van der Waals surface area contributed by atoms with E-state index in [4.69, 9.17) is 4.74 Å². The van der Waals surface area contributed by atoms with Crippen LogP contribution in [0, 0.1) is 0 Å². The molecule has 0 aliphatic carbocycles. The van der Waals surface area contributed by atoms with Crippen molar-refractivity contribution in [3.63, 3.8) is 0 Å². The molecule has 0 aromatic carbocycles. The lowest BCUT2D eigenvalue weighted by molar-refractivity contribution is 0.0713. The van der Waals surface area contributed by atoms with Gasteiger partial charge in [-0.05, 0) is 6.42 Å².